The predicted octanol–water partition coefficient (Wildman–Crippen LogP) is 19.1. The average Bonchev–Trinajstić information content (AvgIpc) is 4.18. The SMILES string of the molecule is c1ccc(-c2ccc(-c3ccc(N(c4ccc(-c5ccc6c(c5)-c5ccccc5C65c6ccccc6Oc6ccccc65)cc4)c4ccc5c(c4)C4(c6ccccc6Oc6ccccc64)c4ccccc4-5)cc3)cc2)cc1. The van der Waals surface area contributed by atoms with Crippen LogP contribution in [0, 0.1) is 0 Å². The Kier molecular flexibility index (Phi) is 9.47. The van der Waals surface area contributed by atoms with Crippen LogP contribution in [0.4, 0.5) is 17.1 Å². The van der Waals surface area contributed by atoms with Crippen molar-refractivity contribution in [1.29, 1.82) is 0 Å². The van der Waals surface area contributed by atoms with Crippen LogP contribution in [-0.4, -0.2) is 0 Å². The summed E-state index contributed by atoms with van der Waals surface area (Å²) in [5, 5.41) is 0. The highest BCUT2D eigenvalue weighted by Crippen LogP contribution is 2.64. The second-order valence-corrected chi connectivity index (χ2v) is 20.6. The molecule has 3 heteroatoms. The predicted molar refractivity (Wildman–Crippen MR) is 312 cm³/mol. The molecule has 0 N–H and O–H groups in total. The molecule has 0 saturated carbocycles. The number of benzene rings is 12. The van der Waals surface area contributed by atoms with Crippen LogP contribution < -0.4 is 14.4 Å². The highest BCUT2D eigenvalue weighted by atomic mass is 16.5. The first kappa shape index (κ1) is 43.4. The molecule has 0 bridgehead atoms. The lowest BCUT2D eigenvalue weighted by atomic mass is 9.66. The van der Waals surface area contributed by atoms with E-state index in [9.17, 15) is 0 Å². The standard InChI is InChI=1S/C74H47NO2/c1-2-16-48(17-3-1)49-30-32-50(33-31-49)51-34-39-54(40-35-51)75(56-43-44-59-57-18-4-6-20-61(57)74(68(59)47-56)66-24-10-14-28-71(66)77-72-29-15-11-25-67(72)74)55-41-36-52(37-42-55)53-38-45-63-60(46-53)58-19-5-7-21-62(58)73(63)64-22-8-12-26-69(64)76-70-27-13-9-23-65(70)73/h1-47H. The Balaban J connectivity index is 0.838. The summed E-state index contributed by atoms with van der Waals surface area (Å²) in [5.41, 5.74) is 23.8. The zero-order valence-electron chi connectivity index (χ0n) is 41.9. The average molecular weight is 982 g/mol. The quantitative estimate of drug-likeness (QED) is 0.166. The van der Waals surface area contributed by atoms with Gasteiger partial charge < -0.3 is 14.4 Å². The van der Waals surface area contributed by atoms with Gasteiger partial charge in [0.2, 0.25) is 0 Å². The van der Waals surface area contributed by atoms with Gasteiger partial charge in [0.1, 0.15) is 23.0 Å². The van der Waals surface area contributed by atoms with E-state index in [1.54, 1.807) is 0 Å². The molecule has 4 aliphatic rings. The Morgan fingerprint density at radius 2 is 0.532 bits per heavy atom. The van der Waals surface area contributed by atoms with Gasteiger partial charge in [-0.3, -0.25) is 0 Å². The molecule has 0 atom stereocenters. The van der Waals surface area contributed by atoms with Crippen LogP contribution in [0.25, 0.3) is 55.6 Å². The van der Waals surface area contributed by atoms with Gasteiger partial charge in [-0.1, -0.05) is 218 Å². The van der Waals surface area contributed by atoms with Gasteiger partial charge in [0.15, 0.2) is 0 Å². The van der Waals surface area contributed by atoms with Crippen molar-refractivity contribution < 1.29 is 9.47 Å². The maximum atomic E-state index is 6.72. The summed E-state index contributed by atoms with van der Waals surface area (Å²) in [5.74, 6) is 3.56. The van der Waals surface area contributed by atoms with E-state index in [4.69, 9.17) is 9.47 Å². The first-order valence-electron chi connectivity index (χ1n) is 26.6. The molecule has 2 aliphatic carbocycles. The van der Waals surface area contributed by atoms with E-state index in [0.29, 0.717) is 0 Å². The maximum absolute atomic E-state index is 6.72. The van der Waals surface area contributed by atoms with Crippen LogP contribution in [0.3, 0.4) is 0 Å². The van der Waals surface area contributed by atoms with E-state index < -0.39 is 10.8 Å². The molecule has 12 aromatic carbocycles. The molecule has 2 aliphatic heterocycles. The Morgan fingerprint density at radius 1 is 0.208 bits per heavy atom. The molecule has 0 radical (unpaired) electrons. The first-order chi connectivity index (χ1) is 38.2. The van der Waals surface area contributed by atoms with E-state index in [2.05, 4.69) is 290 Å². The number of para-hydroxylation sites is 4. The van der Waals surface area contributed by atoms with Crippen molar-refractivity contribution in [2.45, 2.75) is 10.8 Å². The number of rotatable bonds is 6. The van der Waals surface area contributed by atoms with E-state index in [-0.39, 0.29) is 0 Å². The van der Waals surface area contributed by atoms with Crippen molar-refractivity contribution in [1.82, 2.24) is 0 Å². The van der Waals surface area contributed by atoms with Crippen molar-refractivity contribution in [2.24, 2.45) is 0 Å². The summed E-state index contributed by atoms with van der Waals surface area (Å²) in [7, 11) is 0. The molecule has 360 valence electrons. The van der Waals surface area contributed by atoms with Gasteiger partial charge in [-0.15, -0.1) is 0 Å². The highest BCUT2D eigenvalue weighted by Gasteiger charge is 2.52. The minimum absolute atomic E-state index is 0.508. The third-order valence-corrected chi connectivity index (χ3v) is 16.8. The molecule has 0 unspecified atom stereocenters. The lowest BCUT2D eigenvalue weighted by Gasteiger charge is -2.39. The van der Waals surface area contributed by atoms with Gasteiger partial charge in [0.05, 0.1) is 10.8 Å². The van der Waals surface area contributed by atoms with Crippen LogP contribution in [0.5, 0.6) is 23.0 Å². The molecule has 16 rings (SSSR count). The fraction of sp³-hybridized carbons (Fsp3) is 0.0270. The third-order valence-electron chi connectivity index (χ3n) is 16.8. The van der Waals surface area contributed by atoms with E-state index in [0.717, 1.165) is 62.3 Å². The van der Waals surface area contributed by atoms with Crippen molar-refractivity contribution in [3.8, 4) is 78.6 Å². The smallest absolute Gasteiger partial charge is 0.132 e. The second-order valence-electron chi connectivity index (χ2n) is 20.6. The van der Waals surface area contributed by atoms with Crippen molar-refractivity contribution in [3.05, 3.63) is 330 Å². The molecule has 0 saturated heterocycles. The summed E-state index contributed by atoms with van der Waals surface area (Å²) in [6.07, 6.45) is 0. The van der Waals surface area contributed by atoms with E-state index in [1.165, 1.54) is 77.9 Å². The summed E-state index contributed by atoms with van der Waals surface area (Å²) >= 11 is 0. The van der Waals surface area contributed by atoms with Crippen LogP contribution in [0.15, 0.2) is 285 Å². The summed E-state index contributed by atoms with van der Waals surface area (Å²) in [6, 6.07) is 104. The second kappa shape index (κ2) is 16.8. The minimum atomic E-state index is -0.599. The number of ether oxygens (including phenoxy) is 2. The van der Waals surface area contributed by atoms with Crippen LogP contribution in [0.1, 0.15) is 44.5 Å². The molecule has 0 aromatic heterocycles. The largest absolute Gasteiger partial charge is 0.457 e. The number of hydrogen-bond acceptors (Lipinski definition) is 3. The molecule has 2 heterocycles. The van der Waals surface area contributed by atoms with Gasteiger partial charge in [-0.2, -0.15) is 0 Å². The van der Waals surface area contributed by atoms with Crippen molar-refractivity contribution in [2.75, 3.05) is 4.90 Å². The fourth-order valence-corrected chi connectivity index (χ4v) is 13.6. The maximum Gasteiger partial charge on any atom is 0.132 e. The summed E-state index contributed by atoms with van der Waals surface area (Å²) in [6.45, 7) is 0. The molecule has 2 spiro atoms. The number of fused-ring (bicyclic) bond motifs is 18. The van der Waals surface area contributed by atoms with Crippen molar-refractivity contribution in [3.63, 3.8) is 0 Å². The lowest BCUT2D eigenvalue weighted by molar-refractivity contribution is 0.436. The van der Waals surface area contributed by atoms with Crippen LogP contribution in [0.2, 0.25) is 0 Å². The topological polar surface area (TPSA) is 21.7 Å². The van der Waals surface area contributed by atoms with Gasteiger partial charge in [-0.05, 0) is 145 Å². The molecule has 77 heavy (non-hydrogen) atoms. The van der Waals surface area contributed by atoms with Crippen LogP contribution >= 0.6 is 0 Å². The molecular formula is C74H47NO2. The fourth-order valence-electron chi connectivity index (χ4n) is 13.6. The Morgan fingerprint density at radius 3 is 1.03 bits per heavy atom. The molecule has 0 fully saturated rings. The Bertz CT molecular complexity index is 4240. The van der Waals surface area contributed by atoms with Crippen molar-refractivity contribution >= 4 is 17.1 Å². The zero-order chi connectivity index (χ0) is 50.7. The normalized spacial score (nSPS) is 13.9. The Hall–Kier alpha value is -9.96. The Labute approximate surface area is 448 Å². The minimum Gasteiger partial charge on any atom is -0.457 e. The highest BCUT2D eigenvalue weighted by molar-refractivity contribution is 5.93. The van der Waals surface area contributed by atoms with Crippen LogP contribution in [-0.2, 0) is 10.8 Å². The molecule has 0 amide bonds. The van der Waals surface area contributed by atoms with Gasteiger partial charge in [0, 0.05) is 39.3 Å². The summed E-state index contributed by atoms with van der Waals surface area (Å²) < 4.78 is 13.3. The lowest BCUT2D eigenvalue weighted by Crippen LogP contribution is -2.32. The molecule has 3 nitrogen and oxygen atoms in total. The number of anilines is 3. The first-order valence-corrected chi connectivity index (χ1v) is 26.6. The molecule has 12 aromatic rings. The van der Waals surface area contributed by atoms with Gasteiger partial charge in [-0.25, -0.2) is 0 Å². The zero-order valence-corrected chi connectivity index (χ0v) is 41.9. The van der Waals surface area contributed by atoms with E-state index in [1.807, 2.05) is 0 Å². The van der Waals surface area contributed by atoms with Gasteiger partial charge in [0.25, 0.3) is 0 Å². The molecular weight excluding hydrogens is 935 g/mol. The summed E-state index contributed by atoms with van der Waals surface area (Å²) in [4.78, 5) is 2.42. The number of hydrogen-bond donors (Lipinski definition) is 0. The third kappa shape index (κ3) is 6.26. The van der Waals surface area contributed by atoms with E-state index >= 15 is 0 Å². The van der Waals surface area contributed by atoms with Gasteiger partial charge >= 0.3 is 0 Å². The monoisotopic (exact) mass is 981 g/mol. The number of nitrogens with zero attached hydrogens (tertiary/aromatic N) is 1.